The van der Waals surface area contributed by atoms with Crippen LogP contribution in [0, 0.1) is 0 Å². The molecule has 1 saturated heterocycles. The fourth-order valence-electron chi connectivity index (χ4n) is 0.711. The van der Waals surface area contributed by atoms with Crippen LogP contribution < -0.4 is 11.1 Å². The molecule has 2 nitrogen and oxygen atoms in total. The Morgan fingerprint density at radius 1 is 1.50 bits per heavy atom. The Bertz CT molecular complexity index is 39.8. The lowest BCUT2D eigenvalue weighted by Crippen LogP contribution is -2.30. The van der Waals surface area contributed by atoms with Crippen molar-refractivity contribution in [2.24, 2.45) is 5.73 Å². The molecule has 8 heavy (non-hydrogen) atoms. The van der Waals surface area contributed by atoms with Crippen molar-refractivity contribution in [3.63, 3.8) is 0 Å². The lowest BCUT2D eigenvalue weighted by molar-refractivity contribution is 0.634. The minimum absolute atomic E-state index is 0.296. The first-order valence-electron chi connectivity index (χ1n) is 3.38. The third-order valence-electron chi connectivity index (χ3n) is 1.10. The predicted octanol–water partition coefficient (Wildman–Crippen LogP) is 0.681. The van der Waals surface area contributed by atoms with E-state index in [1.165, 1.54) is 6.42 Å². The van der Waals surface area contributed by atoms with Crippen LogP contribution in [-0.2, 0) is 0 Å². The molecule has 0 aromatic heterocycles. The fourth-order valence-corrected chi connectivity index (χ4v) is 0.711. The summed E-state index contributed by atoms with van der Waals surface area (Å²) in [7, 11) is 0. The van der Waals surface area contributed by atoms with Crippen LogP contribution in [0.2, 0.25) is 0 Å². The van der Waals surface area contributed by atoms with Crippen LogP contribution in [-0.4, -0.2) is 12.7 Å². The highest BCUT2D eigenvalue weighted by Crippen LogP contribution is 1.96. The average molecular weight is 116 g/mol. The van der Waals surface area contributed by atoms with Crippen LogP contribution in [0.15, 0.2) is 0 Å². The molecule has 1 aliphatic heterocycles. The summed E-state index contributed by atoms with van der Waals surface area (Å²) < 4.78 is 0. The normalized spacial score (nSPS) is 26.6. The second-order valence-electron chi connectivity index (χ2n) is 1.70. The Hall–Kier alpha value is -0.0800. The molecule has 1 aliphatic rings. The second-order valence-corrected chi connectivity index (χ2v) is 1.70. The first-order valence-corrected chi connectivity index (χ1v) is 3.38. The average Bonchev–Trinajstić information content (AvgIpc) is 2.24. The minimum atomic E-state index is 0.296. The summed E-state index contributed by atoms with van der Waals surface area (Å²) in [6, 6.07) is 0. The minimum Gasteiger partial charge on any atom is -0.316 e. The van der Waals surface area contributed by atoms with E-state index in [9.17, 15) is 0 Å². The molecule has 1 fully saturated rings. The van der Waals surface area contributed by atoms with Crippen LogP contribution in [0.1, 0.15) is 26.7 Å². The van der Waals surface area contributed by atoms with E-state index in [2.05, 4.69) is 5.32 Å². The van der Waals surface area contributed by atoms with Gasteiger partial charge in [-0.15, -0.1) is 0 Å². The summed E-state index contributed by atoms with van der Waals surface area (Å²) in [6.07, 6.45) is 2.70. The topological polar surface area (TPSA) is 38.0 Å². The zero-order valence-corrected chi connectivity index (χ0v) is 5.78. The summed E-state index contributed by atoms with van der Waals surface area (Å²) >= 11 is 0. The van der Waals surface area contributed by atoms with E-state index in [1.807, 2.05) is 13.8 Å². The third kappa shape index (κ3) is 2.99. The van der Waals surface area contributed by atoms with Crippen LogP contribution in [0.5, 0.6) is 0 Å². The molecule has 0 aromatic carbocycles. The van der Waals surface area contributed by atoms with Gasteiger partial charge >= 0.3 is 0 Å². The third-order valence-corrected chi connectivity index (χ3v) is 1.10. The highest BCUT2D eigenvalue weighted by atomic mass is 15.0. The zero-order chi connectivity index (χ0) is 6.41. The Morgan fingerprint density at radius 2 is 2.12 bits per heavy atom. The molecule has 1 heterocycles. The molecule has 0 aromatic rings. The van der Waals surface area contributed by atoms with E-state index in [0.29, 0.717) is 6.17 Å². The smallest absolute Gasteiger partial charge is 0.0546 e. The van der Waals surface area contributed by atoms with Gasteiger partial charge in [0.2, 0.25) is 0 Å². The van der Waals surface area contributed by atoms with Gasteiger partial charge in [0.05, 0.1) is 6.17 Å². The van der Waals surface area contributed by atoms with Gasteiger partial charge in [-0.2, -0.15) is 0 Å². The van der Waals surface area contributed by atoms with Gasteiger partial charge in [-0.25, -0.2) is 0 Å². The molecule has 1 atom stereocenters. The van der Waals surface area contributed by atoms with Crippen molar-refractivity contribution in [3.05, 3.63) is 0 Å². The number of hydrogen-bond donors (Lipinski definition) is 2. The largest absolute Gasteiger partial charge is 0.316 e. The Kier molecular flexibility index (Phi) is 5.01. The first kappa shape index (κ1) is 7.92. The van der Waals surface area contributed by atoms with Crippen molar-refractivity contribution in [2.45, 2.75) is 32.9 Å². The molecule has 0 aliphatic carbocycles. The van der Waals surface area contributed by atoms with Crippen molar-refractivity contribution >= 4 is 0 Å². The van der Waals surface area contributed by atoms with Gasteiger partial charge in [0.1, 0.15) is 0 Å². The molecule has 50 valence electrons. The molecule has 0 saturated carbocycles. The molecular formula is C6H16N2. The van der Waals surface area contributed by atoms with Gasteiger partial charge in [-0.05, 0) is 19.4 Å². The standard InChI is InChI=1S/C4H10N2.C2H6/c5-4-2-1-3-6-4;1-2/h4,6H,1-3,5H2;1-2H3. The van der Waals surface area contributed by atoms with E-state index in [1.54, 1.807) is 0 Å². The van der Waals surface area contributed by atoms with E-state index < -0.39 is 0 Å². The summed E-state index contributed by atoms with van der Waals surface area (Å²) in [6.45, 7) is 5.11. The lowest BCUT2D eigenvalue weighted by atomic mass is 10.3. The summed E-state index contributed by atoms with van der Waals surface area (Å²) in [5, 5.41) is 3.10. The summed E-state index contributed by atoms with van der Waals surface area (Å²) in [4.78, 5) is 0. The van der Waals surface area contributed by atoms with Crippen molar-refractivity contribution < 1.29 is 0 Å². The van der Waals surface area contributed by atoms with Gasteiger partial charge < -0.3 is 11.1 Å². The number of nitrogens with two attached hydrogens (primary N) is 1. The van der Waals surface area contributed by atoms with E-state index in [4.69, 9.17) is 5.73 Å². The van der Waals surface area contributed by atoms with E-state index in [0.717, 1.165) is 13.0 Å². The molecule has 1 unspecified atom stereocenters. The number of nitrogens with one attached hydrogen (secondary N) is 1. The Morgan fingerprint density at radius 3 is 2.25 bits per heavy atom. The Balaban J connectivity index is 0.000000222. The molecule has 3 N–H and O–H groups in total. The molecule has 1 rings (SSSR count). The first-order chi connectivity index (χ1) is 3.89. The highest BCUT2D eigenvalue weighted by molar-refractivity contribution is 4.66. The quantitative estimate of drug-likeness (QED) is 0.488. The van der Waals surface area contributed by atoms with Gasteiger partial charge in [0.15, 0.2) is 0 Å². The van der Waals surface area contributed by atoms with Gasteiger partial charge in [0.25, 0.3) is 0 Å². The second kappa shape index (κ2) is 5.06. The zero-order valence-electron chi connectivity index (χ0n) is 5.78. The highest BCUT2D eigenvalue weighted by Gasteiger charge is 2.05. The van der Waals surface area contributed by atoms with Crippen molar-refractivity contribution in [3.8, 4) is 0 Å². The molecule has 0 spiro atoms. The van der Waals surface area contributed by atoms with Gasteiger partial charge in [-0.1, -0.05) is 13.8 Å². The Labute approximate surface area is 51.5 Å². The molecule has 2 heteroatoms. The van der Waals surface area contributed by atoms with Crippen molar-refractivity contribution in [1.82, 2.24) is 5.32 Å². The van der Waals surface area contributed by atoms with Crippen molar-refractivity contribution in [2.75, 3.05) is 6.54 Å². The maximum atomic E-state index is 5.42. The lowest BCUT2D eigenvalue weighted by Gasteiger charge is -1.95. The van der Waals surface area contributed by atoms with Crippen LogP contribution in [0.25, 0.3) is 0 Å². The van der Waals surface area contributed by atoms with Gasteiger partial charge in [-0.3, -0.25) is 0 Å². The molecule has 0 amide bonds. The van der Waals surface area contributed by atoms with Crippen LogP contribution in [0.4, 0.5) is 0 Å². The SMILES string of the molecule is CC.NC1CCCN1. The summed E-state index contributed by atoms with van der Waals surface area (Å²) in [5.74, 6) is 0. The maximum absolute atomic E-state index is 5.42. The van der Waals surface area contributed by atoms with E-state index >= 15 is 0 Å². The van der Waals surface area contributed by atoms with Crippen LogP contribution >= 0.6 is 0 Å². The summed E-state index contributed by atoms with van der Waals surface area (Å²) in [5.41, 5.74) is 5.42. The van der Waals surface area contributed by atoms with Crippen molar-refractivity contribution in [1.29, 1.82) is 0 Å². The number of rotatable bonds is 0. The molecular weight excluding hydrogens is 100 g/mol. The monoisotopic (exact) mass is 116 g/mol. The molecule has 0 radical (unpaired) electrons. The fraction of sp³-hybridized carbons (Fsp3) is 1.00. The molecule has 0 bridgehead atoms. The van der Waals surface area contributed by atoms with Crippen LogP contribution in [0.3, 0.4) is 0 Å². The number of hydrogen-bond acceptors (Lipinski definition) is 2. The predicted molar refractivity (Wildman–Crippen MR) is 36.6 cm³/mol. The van der Waals surface area contributed by atoms with E-state index in [-0.39, 0.29) is 0 Å². The maximum Gasteiger partial charge on any atom is 0.0546 e. The van der Waals surface area contributed by atoms with Gasteiger partial charge in [0, 0.05) is 0 Å².